The molecule has 0 fully saturated rings. The third-order valence-electron chi connectivity index (χ3n) is 4.65. The molecule has 3 aromatic carbocycles. The summed E-state index contributed by atoms with van der Waals surface area (Å²) in [5, 5.41) is 10.6. The van der Waals surface area contributed by atoms with Gasteiger partial charge in [-0.3, -0.25) is 4.79 Å². The fourth-order valence-electron chi connectivity index (χ4n) is 3.16. The van der Waals surface area contributed by atoms with E-state index in [1.54, 1.807) is 12.1 Å². The van der Waals surface area contributed by atoms with Gasteiger partial charge in [0.05, 0.1) is 6.04 Å². The van der Waals surface area contributed by atoms with Crippen LogP contribution in [-0.2, 0) is 11.2 Å². The number of amides is 1. The van der Waals surface area contributed by atoms with E-state index in [2.05, 4.69) is 27.6 Å². The molecule has 0 aliphatic rings. The van der Waals surface area contributed by atoms with Crippen LogP contribution in [0.15, 0.2) is 95.7 Å². The Morgan fingerprint density at radius 1 is 0.933 bits per heavy atom. The van der Waals surface area contributed by atoms with Crippen LogP contribution in [0, 0.1) is 0 Å². The van der Waals surface area contributed by atoms with Gasteiger partial charge in [-0.15, -0.1) is 10.2 Å². The zero-order chi connectivity index (χ0) is 20.6. The van der Waals surface area contributed by atoms with Gasteiger partial charge in [-0.2, -0.15) is 0 Å². The Morgan fingerprint density at radius 2 is 1.63 bits per heavy atom. The maximum Gasteiger partial charge on any atom is 0.258 e. The third kappa shape index (κ3) is 5.11. The summed E-state index contributed by atoms with van der Waals surface area (Å²) in [6.45, 7) is -0.0714. The molecule has 0 bridgehead atoms. The van der Waals surface area contributed by atoms with Crippen LogP contribution in [0.2, 0.25) is 0 Å². The molecule has 6 nitrogen and oxygen atoms in total. The lowest BCUT2D eigenvalue weighted by molar-refractivity contribution is -0.123. The molecule has 0 unspecified atom stereocenters. The number of carbonyl (C=O) groups is 1. The van der Waals surface area contributed by atoms with Crippen LogP contribution < -0.4 is 10.1 Å². The van der Waals surface area contributed by atoms with Crippen LogP contribution in [0.25, 0.3) is 11.5 Å². The number of hydrogen-bond acceptors (Lipinski definition) is 5. The molecule has 0 saturated carbocycles. The molecule has 0 saturated heterocycles. The molecular weight excluding hydrogens is 378 g/mol. The minimum absolute atomic E-state index is 0.0714. The van der Waals surface area contributed by atoms with Gasteiger partial charge in [0.2, 0.25) is 12.3 Å². The number of ether oxygens (including phenoxy) is 1. The van der Waals surface area contributed by atoms with Gasteiger partial charge in [0.25, 0.3) is 5.91 Å². The van der Waals surface area contributed by atoms with Crippen LogP contribution in [-0.4, -0.2) is 22.7 Å². The standard InChI is InChI=1S/C24H21N3O3/c28-23(16-29-21-13-11-20(12-14-21)24-27-25-17-30-24)26-22(19-9-5-2-6-10-19)15-18-7-3-1-4-8-18/h1-14,17,22H,15-16H2,(H,26,28)/t22-/m0/s1. The van der Waals surface area contributed by atoms with Gasteiger partial charge < -0.3 is 14.5 Å². The van der Waals surface area contributed by atoms with Crippen LogP contribution in [0.5, 0.6) is 5.75 Å². The van der Waals surface area contributed by atoms with E-state index in [1.807, 2.05) is 60.7 Å². The van der Waals surface area contributed by atoms with Crippen LogP contribution in [0.3, 0.4) is 0 Å². The van der Waals surface area contributed by atoms with Gasteiger partial charge in [0, 0.05) is 5.56 Å². The largest absolute Gasteiger partial charge is 0.484 e. The summed E-state index contributed by atoms with van der Waals surface area (Å²) < 4.78 is 10.8. The number of benzene rings is 3. The smallest absolute Gasteiger partial charge is 0.258 e. The van der Waals surface area contributed by atoms with Gasteiger partial charge in [-0.05, 0) is 41.8 Å². The lowest BCUT2D eigenvalue weighted by Gasteiger charge is -2.20. The van der Waals surface area contributed by atoms with E-state index in [4.69, 9.17) is 9.15 Å². The van der Waals surface area contributed by atoms with Crippen molar-refractivity contribution in [2.24, 2.45) is 0 Å². The summed E-state index contributed by atoms with van der Waals surface area (Å²) in [6.07, 6.45) is 1.98. The van der Waals surface area contributed by atoms with Crippen molar-refractivity contribution in [1.29, 1.82) is 0 Å². The first-order valence-corrected chi connectivity index (χ1v) is 9.65. The predicted octanol–water partition coefficient (Wildman–Crippen LogP) is 4.22. The Balaban J connectivity index is 1.37. The van der Waals surface area contributed by atoms with E-state index in [1.165, 1.54) is 6.39 Å². The quantitative estimate of drug-likeness (QED) is 0.480. The van der Waals surface area contributed by atoms with Gasteiger partial charge in [-0.25, -0.2) is 0 Å². The second-order valence-electron chi connectivity index (χ2n) is 6.78. The lowest BCUT2D eigenvalue weighted by Crippen LogP contribution is -2.33. The normalized spacial score (nSPS) is 11.6. The molecule has 0 radical (unpaired) electrons. The number of nitrogens with one attached hydrogen (secondary N) is 1. The first kappa shape index (κ1) is 19.4. The third-order valence-corrected chi connectivity index (χ3v) is 4.65. The van der Waals surface area contributed by atoms with Gasteiger partial charge >= 0.3 is 0 Å². The summed E-state index contributed by atoms with van der Waals surface area (Å²) in [4.78, 5) is 12.6. The summed E-state index contributed by atoms with van der Waals surface area (Å²) in [6, 6.07) is 27.1. The molecule has 0 aliphatic carbocycles. The molecular formula is C24H21N3O3. The van der Waals surface area contributed by atoms with Gasteiger partial charge in [0.15, 0.2) is 6.61 Å². The van der Waals surface area contributed by atoms with Crippen molar-refractivity contribution in [2.75, 3.05) is 6.61 Å². The summed E-state index contributed by atoms with van der Waals surface area (Å²) in [5.74, 6) is 0.847. The number of carbonyl (C=O) groups excluding carboxylic acids is 1. The van der Waals surface area contributed by atoms with E-state index in [9.17, 15) is 4.79 Å². The molecule has 0 spiro atoms. The van der Waals surface area contributed by atoms with Crippen molar-refractivity contribution in [3.05, 3.63) is 102 Å². The Bertz CT molecular complexity index is 1050. The van der Waals surface area contributed by atoms with Crippen molar-refractivity contribution in [3.8, 4) is 17.2 Å². The van der Waals surface area contributed by atoms with E-state index in [0.29, 0.717) is 18.1 Å². The van der Waals surface area contributed by atoms with E-state index < -0.39 is 0 Å². The Morgan fingerprint density at radius 3 is 2.30 bits per heavy atom. The van der Waals surface area contributed by atoms with Gasteiger partial charge in [-0.1, -0.05) is 60.7 Å². The number of aromatic nitrogens is 2. The Labute approximate surface area is 174 Å². The van der Waals surface area contributed by atoms with Crippen molar-refractivity contribution in [2.45, 2.75) is 12.5 Å². The first-order chi connectivity index (χ1) is 14.8. The maximum atomic E-state index is 12.6. The van der Waals surface area contributed by atoms with Crippen molar-refractivity contribution in [3.63, 3.8) is 0 Å². The van der Waals surface area contributed by atoms with Gasteiger partial charge in [0.1, 0.15) is 5.75 Å². The molecule has 1 aromatic heterocycles. The molecule has 1 amide bonds. The molecule has 1 heterocycles. The number of rotatable bonds is 8. The van der Waals surface area contributed by atoms with Crippen LogP contribution in [0.4, 0.5) is 0 Å². The average Bonchev–Trinajstić information content (AvgIpc) is 3.34. The topological polar surface area (TPSA) is 77.2 Å². The van der Waals surface area contributed by atoms with Crippen molar-refractivity contribution in [1.82, 2.24) is 15.5 Å². The van der Waals surface area contributed by atoms with Crippen LogP contribution >= 0.6 is 0 Å². The monoisotopic (exact) mass is 399 g/mol. The molecule has 30 heavy (non-hydrogen) atoms. The summed E-state index contributed by atoms with van der Waals surface area (Å²) in [7, 11) is 0. The second-order valence-corrected chi connectivity index (χ2v) is 6.78. The van der Waals surface area contributed by atoms with Crippen molar-refractivity contribution < 1.29 is 13.9 Å². The predicted molar refractivity (Wildman–Crippen MR) is 113 cm³/mol. The minimum atomic E-state index is -0.180. The zero-order valence-corrected chi connectivity index (χ0v) is 16.3. The lowest BCUT2D eigenvalue weighted by atomic mass is 9.99. The molecule has 4 rings (SSSR count). The van der Waals surface area contributed by atoms with E-state index >= 15 is 0 Å². The first-order valence-electron chi connectivity index (χ1n) is 9.65. The maximum absolute atomic E-state index is 12.6. The summed E-state index contributed by atoms with van der Waals surface area (Å²) >= 11 is 0. The fourth-order valence-corrected chi connectivity index (χ4v) is 3.16. The highest BCUT2D eigenvalue weighted by Crippen LogP contribution is 2.21. The molecule has 1 atom stereocenters. The molecule has 6 heteroatoms. The van der Waals surface area contributed by atoms with E-state index in [-0.39, 0.29) is 18.6 Å². The highest BCUT2D eigenvalue weighted by Gasteiger charge is 2.16. The fraction of sp³-hybridized carbons (Fsp3) is 0.125. The average molecular weight is 399 g/mol. The molecule has 1 N–H and O–H groups in total. The number of nitrogens with zero attached hydrogens (tertiary/aromatic N) is 2. The summed E-state index contributed by atoms with van der Waals surface area (Å²) in [5.41, 5.74) is 3.00. The zero-order valence-electron chi connectivity index (χ0n) is 16.3. The highest BCUT2D eigenvalue weighted by atomic mass is 16.5. The highest BCUT2D eigenvalue weighted by molar-refractivity contribution is 5.78. The SMILES string of the molecule is O=C(COc1ccc(-c2nnco2)cc1)N[C@@H](Cc1ccccc1)c1ccccc1. The Kier molecular flexibility index (Phi) is 6.15. The van der Waals surface area contributed by atoms with Crippen molar-refractivity contribution >= 4 is 5.91 Å². The Hall–Kier alpha value is -3.93. The molecule has 0 aliphatic heterocycles. The second kappa shape index (κ2) is 9.52. The number of hydrogen-bond donors (Lipinski definition) is 1. The molecule has 4 aromatic rings. The van der Waals surface area contributed by atoms with E-state index in [0.717, 1.165) is 16.7 Å². The van der Waals surface area contributed by atoms with Crippen LogP contribution in [0.1, 0.15) is 17.2 Å². The minimum Gasteiger partial charge on any atom is -0.484 e. The molecule has 150 valence electrons.